The van der Waals surface area contributed by atoms with E-state index in [-0.39, 0.29) is 11.4 Å². The number of benzene rings is 2. The number of H-pyrrole nitrogens is 1. The Morgan fingerprint density at radius 1 is 1.00 bits per heavy atom. The van der Waals surface area contributed by atoms with Gasteiger partial charge < -0.3 is 4.98 Å². The Bertz CT molecular complexity index is 1210. The summed E-state index contributed by atoms with van der Waals surface area (Å²) in [5.74, 6) is -0.288. The summed E-state index contributed by atoms with van der Waals surface area (Å²) in [6.45, 7) is 2.67. The molecular formula is C23H21FN4O. The zero-order chi connectivity index (χ0) is 19.8. The summed E-state index contributed by atoms with van der Waals surface area (Å²) in [5.41, 5.74) is 3.68. The summed E-state index contributed by atoms with van der Waals surface area (Å²) < 4.78 is 15.2. The van der Waals surface area contributed by atoms with Crippen LogP contribution in [0, 0.1) is 5.82 Å². The lowest BCUT2D eigenvalue weighted by molar-refractivity contribution is 0.330. The van der Waals surface area contributed by atoms with Gasteiger partial charge >= 0.3 is 0 Å². The van der Waals surface area contributed by atoms with Crippen LogP contribution < -0.4 is 5.56 Å². The molecule has 2 aromatic carbocycles. The maximum atomic E-state index is 13.5. The Morgan fingerprint density at radius 3 is 2.45 bits per heavy atom. The maximum absolute atomic E-state index is 13.5. The van der Waals surface area contributed by atoms with E-state index in [1.165, 1.54) is 25.0 Å². The van der Waals surface area contributed by atoms with Gasteiger partial charge in [-0.15, -0.1) is 0 Å². The lowest BCUT2D eigenvalue weighted by Crippen LogP contribution is -2.24. The van der Waals surface area contributed by atoms with Crippen LogP contribution in [-0.4, -0.2) is 32.8 Å². The molecule has 0 atom stereocenters. The highest BCUT2D eigenvalue weighted by atomic mass is 19.1. The first-order valence-electron chi connectivity index (χ1n) is 9.88. The molecule has 146 valence electrons. The minimum Gasteiger partial charge on any atom is -0.306 e. The largest absolute Gasteiger partial charge is 0.306 e. The van der Waals surface area contributed by atoms with Crippen LogP contribution in [0.25, 0.3) is 28.0 Å². The predicted molar refractivity (Wildman–Crippen MR) is 112 cm³/mol. The fraction of sp³-hybridized carbons (Fsp3) is 0.217. The summed E-state index contributed by atoms with van der Waals surface area (Å²) >= 11 is 0. The van der Waals surface area contributed by atoms with E-state index < -0.39 is 0 Å². The smallest absolute Gasteiger partial charge is 0.254 e. The summed E-state index contributed by atoms with van der Waals surface area (Å²) in [6.07, 6.45) is 2.35. The van der Waals surface area contributed by atoms with Gasteiger partial charge in [0.15, 0.2) is 0 Å². The van der Waals surface area contributed by atoms with Crippen LogP contribution in [0.15, 0.2) is 65.5 Å². The topological polar surface area (TPSA) is 53.9 Å². The van der Waals surface area contributed by atoms with Crippen LogP contribution in [0.3, 0.4) is 0 Å². The SMILES string of the molecule is O=c1[nH]c2c(cc1CN1CCCC1)c(-c1ccc(F)cc1)nn2-c1ccccc1. The van der Waals surface area contributed by atoms with E-state index in [9.17, 15) is 9.18 Å². The number of nitrogens with zero attached hydrogens (tertiary/aromatic N) is 3. The van der Waals surface area contributed by atoms with Crippen LogP contribution in [0.4, 0.5) is 4.39 Å². The van der Waals surface area contributed by atoms with Crippen molar-refractivity contribution in [3.63, 3.8) is 0 Å². The number of nitrogens with one attached hydrogen (secondary N) is 1. The third-order valence-corrected chi connectivity index (χ3v) is 5.48. The summed E-state index contributed by atoms with van der Waals surface area (Å²) in [4.78, 5) is 18.2. The molecule has 4 aromatic rings. The van der Waals surface area contributed by atoms with Gasteiger partial charge in [0.25, 0.3) is 5.56 Å². The summed E-state index contributed by atoms with van der Waals surface area (Å²) in [6, 6.07) is 17.9. The number of aromatic nitrogens is 3. The average Bonchev–Trinajstić information content (AvgIpc) is 3.38. The monoisotopic (exact) mass is 388 g/mol. The van der Waals surface area contributed by atoms with Gasteiger partial charge in [0, 0.05) is 23.1 Å². The zero-order valence-corrected chi connectivity index (χ0v) is 15.9. The highest BCUT2D eigenvalue weighted by molar-refractivity contribution is 5.92. The summed E-state index contributed by atoms with van der Waals surface area (Å²) in [5, 5.41) is 5.64. The second-order valence-electron chi connectivity index (χ2n) is 7.47. The molecule has 1 fully saturated rings. The van der Waals surface area contributed by atoms with Gasteiger partial charge in [0.1, 0.15) is 17.2 Å². The van der Waals surface area contributed by atoms with Crippen molar-refractivity contribution in [1.82, 2.24) is 19.7 Å². The van der Waals surface area contributed by atoms with Crippen molar-refractivity contribution in [3.8, 4) is 16.9 Å². The predicted octanol–water partition coefficient (Wildman–Crippen LogP) is 4.12. The van der Waals surface area contributed by atoms with Crippen molar-refractivity contribution >= 4 is 11.0 Å². The average molecular weight is 388 g/mol. The molecule has 0 amide bonds. The third kappa shape index (κ3) is 3.36. The number of likely N-dealkylation sites (tertiary alicyclic amines) is 1. The minimum atomic E-state index is -0.288. The molecule has 0 aliphatic carbocycles. The molecule has 29 heavy (non-hydrogen) atoms. The fourth-order valence-corrected chi connectivity index (χ4v) is 3.99. The molecule has 1 N–H and O–H groups in total. The van der Waals surface area contributed by atoms with Crippen molar-refractivity contribution in [1.29, 1.82) is 0 Å². The molecule has 3 heterocycles. The van der Waals surface area contributed by atoms with Gasteiger partial charge in [-0.05, 0) is 68.4 Å². The van der Waals surface area contributed by atoms with Crippen molar-refractivity contribution in [2.45, 2.75) is 19.4 Å². The van der Waals surface area contributed by atoms with Crippen molar-refractivity contribution in [2.24, 2.45) is 0 Å². The van der Waals surface area contributed by atoms with Crippen molar-refractivity contribution in [2.75, 3.05) is 13.1 Å². The molecule has 0 radical (unpaired) electrons. The highest BCUT2D eigenvalue weighted by Crippen LogP contribution is 2.29. The molecule has 5 nitrogen and oxygen atoms in total. The molecule has 1 aliphatic heterocycles. The van der Waals surface area contributed by atoms with Crippen molar-refractivity contribution < 1.29 is 4.39 Å². The second-order valence-corrected chi connectivity index (χ2v) is 7.47. The maximum Gasteiger partial charge on any atom is 0.254 e. The molecular weight excluding hydrogens is 367 g/mol. The van der Waals surface area contributed by atoms with Gasteiger partial charge in [0.05, 0.1) is 5.69 Å². The standard InChI is InChI=1S/C23H21FN4O/c24-18-10-8-16(9-11-18)21-20-14-17(15-27-12-4-5-13-27)23(29)25-22(20)28(26-21)19-6-2-1-3-7-19/h1-3,6-11,14H,4-5,12-13,15H2,(H,25,29). The lowest BCUT2D eigenvalue weighted by atomic mass is 10.1. The van der Waals surface area contributed by atoms with Crippen LogP contribution in [0.2, 0.25) is 0 Å². The number of fused-ring (bicyclic) bond motifs is 1. The Kier molecular flexibility index (Phi) is 4.48. The second kappa shape index (κ2) is 7.29. The fourth-order valence-electron chi connectivity index (χ4n) is 3.99. The van der Waals surface area contributed by atoms with E-state index in [2.05, 4.69) is 9.88 Å². The normalized spacial score (nSPS) is 14.7. The molecule has 1 aliphatic rings. The molecule has 0 saturated carbocycles. The first kappa shape index (κ1) is 17.8. The van der Waals surface area contributed by atoms with E-state index >= 15 is 0 Å². The first-order valence-corrected chi connectivity index (χ1v) is 9.88. The number of pyridine rings is 1. The Balaban J connectivity index is 1.71. The van der Waals surface area contributed by atoms with Gasteiger partial charge in [-0.1, -0.05) is 18.2 Å². The van der Waals surface area contributed by atoms with E-state index in [1.54, 1.807) is 16.8 Å². The number of para-hydroxylation sites is 1. The van der Waals surface area contributed by atoms with Crippen LogP contribution in [-0.2, 0) is 6.54 Å². The Labute approximate surface area is 167 Å². The van der Waals surface area contributed by atoms with Gasteiger partial charge in [-0.2, -0.15) is 5.10 Å². The van der Waals surface area contributed by atoms with E-state index in [1.807, 2.05) is 36.4 Å². The number of hydrogen-bond acceptors (Lipinski definition) is 3. The van der Waals surface area contributed by atoms with E-state index in [0.717, 1.165) is 41.0 Å². The number of rotatable bonds is 4. The van der Waals surface area contributed by atoms with Crippen LogP contribution in [0.1, 0.15) is 18.4 Å². The molecule has 2 aromatic heterocycles. The molecule has 5 rings (SSSR count). The highest BCUT2D eigenvalue weighted by Gasteiger charge is 2.19. The van der Waals surface area contributed by atoms with Gasteiger partial charge in [-0.25, -0.2) is 9.07 Å². The van der Waals surface area contributed by atoms with Crippen LogP contribution in [0.5, 0.6) is 0 Å². The molecule has 0 spiro atoms. The number of halogens is 1. The van der Waals surface area contributed by atoms with E-state index in [0.29, 0.717) is 12.2 Å². The quantitative estimate of drug-likeness (QED) is 0.572. The van der Waals surface area contributed by atoms with Crippen molar-refractivity contribution in [3.05, 3.63) is 82.4 Å². The first-order chi connectivity index (χ1) is 14.2. The Morgan fingerprint density at radius 2 is 1.72 bits per heavy atom. The van der Waals surface area contributed by atoms with E-state index in [4.69, 9.17) is 5.10 Å². The zero-order valence-electron chi connectivity index (χ0n) is 15.9. The molecule has 1 saturated heterocycles. The van der Waals surface area contributed by atoms with Crippen LogP contribution >= 0.6 is 0 Å². The minimum absolute atomic E-state index is 0.0906. The lowest BCUT2D eigenvalue weighted by Gasteiger charge is -2.14. The Hall–Kier alpha value is -3.25. The molecule has 0 unspecified atom stereocenters. The number of aromatic amines is 1. The van der Waals surface area contributed by atoms with Gasteiger partial charge in [0.2, 0.25) is 0 Å². The third-order valence-electron chi connectivity index (χ3n) is 5.48. The number of hydrogen-bond donors (Lipinski definition) is 1. The molecule has 0 bridgehead atoms. The summed E-state index contributed by atoms with van der Waals surface area (Å²) in [7, 11) is 0. The van der Waals surface area contributed by atoms with Gasteiger partial charge in [-0.3, -0.25) is 9.69 Å². The molecule has 6 heteroatoms.